The average molecular weight is 427 g/mol. The third-order valence-electron chi connectivity index (χ3n) is 5.44. The molecule has 2 amide bonds. The van der Waals surface area contributed by atoms with Crippen molar-refractivity contribution in [1.82, 2.24) is 0 Å². The Labute approximate surface area is 188 Å². The van der Waals surface area contributed by atoms with Crippen molar-refractivity contribution in [2.24, 2.45) is 0 Å². The molecule has 3 aromatic carbocycles. The molecule has 0 aromatic heterocycles. The lowest BCUT2D eigenvalue weighted by Gasteiger charge is -2.16. The zero-order valence-electron chi connectivity index (χ0n) is 18.7. The molecule has 1 aliphatic rings. The first-order valence-electron chi connectivity index (χ1n) is 10.7. The van der Waals surface area contributed by atoms with Gasteiger partial charge in [-0.3, -0.25) is 9.59 Å². The number of ether oxygens (including phenoxy) is 1. The molecule has 0 aliphatic carbocycles. The molecular weight excluding hydrogens is 400 g/mol. The van der Waals surface area contributed by atoms with Gasteiger partial charge < -0.3 is 10.1 Å². The maximum absolute atomic E-state index is 13.6. The van der Waals surface area contributed by atoms with E-state index >= 15 is 0 Å². The lowest BCUT2D eigenvalue weighted by atomic mass is 9.97. The minimum atomic E-state index is -0.390. The Morgan fingerprint density at radius 1 is 0.844 bits per heavy atom. The average Bonchev–Trinajstić information content (AvgIpc) is 3.00. The van der Waals surface area contributed by atoms with Crippen molar-refractivity contribution >= 4 is 28.8 Å². The molecule has 0 radical (unpaired) electrons. The van der Waals surface area contributed by atoms with Crippen LogP contribution in [0.3, 0.4) is 0 Å². The van der Waals surface area contributed by atoms with E-state index in [1.807, 2.05) is 76.2 Å². The lowest BCUT2D eigenvalue weighted by Crippen LogP contribution is -2.32. The Morgan fingerprint density at radius 3 is 2.25 bits per heavy atom. The molecular formula is C27H26N2O3. The van der Waals surface area contributed by atoms with Crippen LogP contribution in [-0.4, -0.2) is 18.4 Å². The van der Waals surface area contributed by atoms with E-state index in [1.54, 1.807) is 18.2 Å². The molecule has 4 rings (SSSR count). The standard InChI is InChI=1S/C27H26N2O3/c1-5-32-22-8-6-7-21(16-22)29-26(30)24(23-14-11-18(3)15-19(23)4)25(27(29)31)28-20-12-9-17(2)10-13-20/h6-16,28H,5H2,1-4H3. The Bertz CT molecular complexity index is 1230. The van der Waals surface area contributed by atoms with Gasteiger partial charge in [0.15, 0.2) is 0 Å². The largest absolute Gasteiger partial charge is 0.494 e. The molecule has 5 heteroatoms. The normalized spacial score (nSPS) is 13.7. The molecule has 3 aromatic rings. The molecule has 0 unspecified atom stereocenters. The Hall–Kier alpha value is -3.86. The van der Waals surface area contributed by atoms with E-state index in [0.29, 0.717) is 23.6 Å². The fourth-order valence-corrected chi connectivity index (χ4v) is 3.88. The molecule has 1 aliphatic heterocycles. The highest BCUT2D eigenvalue weighted by Gasteiger charge is 2.40. The summed E-state index contributed by atoms with van der Waals surface area (Å²) in [6, 6.07) is 20.6. The van der Waals surface area contributed by atoms with Crippen molar-refractivity contribution in [1.29, 1.82) is 0 Å². The van der Waals surface area contributed by atoms with E-state index in [4.69, 9.17) is 4.74 Å². The number of aryl methyl sites for hydroxylation is 3. The number of nitrogens with one attached hydrogen (secondary N) is 1. The van der Waals surface area contributed by atoms with Crippen LogP contribution in [0.5, 0.6) is 5.75 Å². The monoisotopic (exact) mass is 426 g/mol. The summed E-state index contributed by atoms with van der Waals surface area (Å²) in [6.07, 6.45) is 0. The van der Waals surface area contributed by atoms with Crippen molar-refractivity contribution in [2.45, 2.75) is 27.7 Å². The van der Waals surface area contributed by atoms with Gasteiger partial charge in [-0.05, 0) is 63.1 Å². The molecule has 0 fully saturated rings. The summed E-state index contributed by atoms with van der Waals surface area (Å²) in [7, 11) is 0. The third-order valence-corrected chi connectivity index (χ3v) is 5.44. The van der Waals surface area contributed by atoms with Crippen LogP contribution >= 0.6 is 0 Å². The molecule has 0 saturated heterocycles. The van der Waals surface area contributed by atoms with Gasteiger partial charge >= 0.3 is 0 Å². The Kier molecular flexibility index (Phi) is 5.82. The fraction of sp³-hybridized carbons (Fsp3) is 0.185. The van der Waals surface area contributed by atoms with Gasteiger partial charge in [0.2, 0.25) is 0 Å². The van der Waals surface area contributed by atoms with Crippen molar-refractivity contribution in [3.63, 3.8) is 0 Å². The van der Waals surface area contributed by atoms with Crippen LogP contribution in [0.4, 0.5) is 11.4 Å². The number of hydrogen-bond acceptors (Lipinski definition) is 4. The second-order valence-corrected chi connectivity index (χ2v) is 7.94. The van der Waals surface area contributed by atoms with Gasteiger partial charge in [-0.1, -0.05) is 47.5 Å². The maximum atomic E-state index is 13.6. The van der Waals surface area contributed by atoms with E-state index in [0.717, 1.165) is 27.9 Å². The summed E-state index contributed by atoms with van der Waals surface area (Å²) < 4.78 is 5.58. The number of hydrogen-bond donors (Lipinski definition) is 1. The fourth-order valence-electron chi connectivity index (χ4n) is 3.88. The predicted molar refractivity (Wildman–Crippen MR) is 128 cm³/mol. The highest BCUT2D eigenvalue weighted by Crippen LogP contribution is 2.36. The number of nitrogens with zero attached hydrogens (tertiary/aromatic N) is 1. The van der Waals surface area contributed by atoms with Crippen LogP contribution in [0.1, 0.15) is 29.2 Å². The molecule has 0 atom stereocenters. The third kappa shape index (κ3) is 4.02. The number of carbonyl (C=O) groups is 2. The summed E-state index contributed by atoms with van der Waals surface area (Å²) >= 11 is 0. The number of benzene rings is 3. The SMILES string of the molecule is CCOc1cccc(N2C(=O)C(Nc3ccc(C)cc3)=C(c3ccc(C)cc3C)C2=O)c1. The second kappa shape index (κ2) is 8.71. The van der Waals surface area contributed by atoms with Gasteiger partial charge in [0, 0.05) is 11.8 Å². The van der Waals surface area contributed by atoms with Gasteiger partial charge in [-0.15, -0.1) is 0 Å². The zero-order valence-corrected chi connectivity index (χ0v) is 18.7. The lowest BCUT2D eigenvalue weighted by molar-refractivity contribution is -0.120. The zero-order chi connectivity index (χ0) is 22.8. The predicted octanol–water partition coefficient (Wildman–Crippen LogP) is 5.41. The molecule has 32 heavy (non-hydrogen) atoms. The van der Waals surface area contributed by atoms with Crippen LogP contribution < -0.4 is 15.0 Å². The minimum Gasteiger partial charge on any atom is -0.494 e. The van der Waals surface area contributed by atoms with Gasteiger partial charge in [0.25, 0.3) is 11.8 Å². The topological polar surface area (TPSA) is 58.6 Å². The van der Waals surface area contributed by atoms with E-state index in [-0.39, 0.29) is 17.5 Å². The highest BCUT2D eigenvalue weighted by atomic mass is 16.5. The number of amides is 2. The summed E-state index contributed by atoms with van der Waals surface area (Å²) in [6.45, 7) is 8.35. The molecule has 162 valence electrons. The van der Waals surface area contributed by atoms with Gasteiger partial charge in [-0.2, -0.15) is 0 Å². The molecule has 1 N–H and O–H groups in total. The smallest absolute Gasteiger partial charge is 0.282 e. The Balaban J connectivity index is 1.82. The quantitative estimate of drug-likeness (QED) is 0.536. The molecule has 1 heterocycles. The molecule has 0 bridgehead atoms. The van der Waals surface area contributed by atoms with Gasteiger partial charge in [-0.25, -0.2) is 4.90 Å². The first kappa shape index (κ1) is 21.4. The molecule has 5 nitrogen and oxygen atoms in total. The summed E-state index contributed by atoms with van der Waals surface area (Å²) in [5.41, 5.74) is 5.76. The number of rotatable bonds is 6. The number of anilines is 2. The van der Waals surface area contributed by atoms with Gasteiger partial charge in [0.05, 0.1) is 17.9 Å². The van der Waals surface area contributed by atoms with Crippen LogP contribution in [0.15, 0.2) is 72.4 Å². The van der Waals surface area contributed by atoms with Crippen molar-refractivity contribution in [3.8, 4) is 5.75 Å². The number of imide groups is 1. The van der Waals surface area contributed by atoms with E-state index < -0.39 is 0 Å². The van der Waals surface area contributed by atoms with Crippen LogP contribution in [0.25, 0.3) is 5.57 Å². The van der Waals surface area contributed by atoms with E-state index in [9.17, 15) is 9.59 Å². The maximum Gasteiger partial charge on any atom is 0.282 e. The first-order chi connectivity index (χ1) is 15.4. The van der Waals surface area contributed by atoms with E-state index in [2.05, 4.69) is 5.32 Å². The van der Waals surface area contributed by atoms with Crippen molar-refractivity contribution in [2.75, 3.05) is 16.8 Å². The van der Waals surface area contributed by atoms with Crippen LogP contribution in [0.2, 0.25) is 0 Å². The molecule has 0 spiro atoms. The van der Waals surface area contributed by atoms with Crippen LogP contribution in [-0.2, 0) is 9.59 Å². The summed E-state index contributed by atoms with van der Waals surface area (Å²) in [5.74, 6) is -0.136. The van der Waals surface area contributed by atoms with Gasteiger partial charge in [0.1, 0.15) is 11.4 Å². The van der Waals surface area contributed by atoms with Crippen LogP contribution in [0, 0.1) is 20.8 Å². The Morgan fingerprint density at radius 2 is 1.56 bits per heavy atom. The van der Waals surface area contributed by atoms with Crippen molar-refractivity contribution in [3.05, 3.63) is 94.7 Å². The highest BCUT2D eigenvalue weighted by molar-refractivity contribution is 6.46. The number of carbonyl (C=O) groups excluding carboxylic acids is 2. The first-order valence-corrected chi connectivity index (χ1v) is 10.7. The minimum absolute atomic E-state index is 0.271. The summed E-state index contributed by atoms with van der Waals surface area (Å²) in [5, 5.41) is 3.21. The van der Waals surface area contributed by atoms with E-state index in [1.165, 1.54) is 4.90 Å². The van der Waals surface area contributed by atoms with Crippen molar-refractivity contribution < 1.29 is 14.3 Å². The second-order valence-electron chi connectivity index (χ2n) is 7.94. The summed E-state index contributed by atoms with van der Waals surface area (Å²) in [4.78, 5) is 28.4. The molecule has 0 saturated carbocycles.